The average Bonchev–Trinajstić information content (AvgIpc) is 1.78. The maximum absolute atomic E-state index is 14.5. The van der Waals surface area contributed by atoms with Gasteiger partial charge in [-0.3, -0.25) is 24.3 Å². The van der Waals surface area contributed by atoms with Crippen molar-refractivity contribution in [2.24, 2.45) is 14.1 Å². The second-order valence-electron chi connectivity index (χ2n) is 26.6. The fraction of sp³-hybridized carbons (Fsp3) is 0.388. The van der Waals surface area contributed by atoms with Gasteiger partial charge in [0.1, 0.15) is 58.0 Å². The Morgan fingerprint density at radius 3 is 1.44 bits per heavy atom. The van der Waals surface area contributed by atoms with Crippen LogP contribution < -0.4 is 30.2 Å². The summed E-state index contributed by atoms with van der Waals surface area (Å²) < 4.78 is 41.5. The summed E-state index contributed by atoms with van der Waals surface area (Å²) in [5.74, 6) is -0.348. The standard InChI is InChI=1S/C24H26N6OS.C23H26FN5OS.C20H18N6OS/c1-23(2)9-17(10-24(3,4)29-23)31-22-27-19-12-26-18(8-20(19)32-22)14-6-15(11-25)21-16(7-14)13-30(5)28-21;1-22(2)9-15(10-23(3,4)28-22)30-21-26-18-11-25-17(8-19(18)31-21)13-6-14-12-29(5)27-20(14)16(24)7-13;1-12-10-26-11-14(6-13(8-21)19(26)24-12)16-7-18-17(9-23-16)25-20(28-18)27-15-2-4-22-5-3-15/h6-8,12-13,17,29H,9-10H2,1-5H3;6-8,11-12,15,28H,9-10H2,1-5H3;6-7,9-11,15,22H,2-5H2,1H3. The van der Waals surface area contributed by atoms with Gasteiger partial charge in [0.2, 0.25) is 0 Å². The molecule has 0 bridgehead atoms. The van der Waals surface area contributed by atoms with Crippen LogP contribution in [0.15, 0.2) is 91.9 Å². The third kappa shape index (κ3) is 13.6. The zero-order valence-electron chi connectivity index (χ0n) is 52.6. The highest BCUT2D eigenvalue weighted by Crippen LogP contribution is 2.39. The molecule has 0 aliphatic carbocycles. The number of nitrogens with one attached hydrogen (secondary N) is 3. The molecule has 20 nitrogen and oxygen atoms in total. The maximum Gasteiger partial charge on any atom is 0.274 e. The highest BCUT2D eigenvalue weighted by atomic mass is 32.1. The second-order valence-corrected chi connectivity index (χ2v) is 29.6. The third-order valence-electron chi connectivity index (χ3n) is 16.4. The number of nitrogens with zero attached hydrogens (tertiary/aromatic N) is 14. The number of halogens is 1. The molecular formula is C67H70FN17O3S3. The van der Waals surface area contributed by atoms with E-state index in [1.54, 1.807) is 52.5 Å². The predicted octanol–water partition coefficient (Wildman–Crippen LogP) is 13.2. The van der Waals surface area contributed by atoms with Crippen LogP contribution in [0.25, 0.3) is 91.9 Å². The Morgan fingerprint density at radius 1 is 0.527 bits per heavy atom. The number of rotatable bonds is 9. The van der Waals surface area contributed by atoms with Crippen LogP contribution in [0.4, 0.5) is 4.39 Å². The maximum atomic E-state index is 14.5. The van der Waals surface area contributed by atoms with Crippen LogP contribution in [0.2, 0.25) is 0 Å². The zero-order valence-corrected chi connectivity index (χ0v) is 55.1. The molecule has 466 valence electrons. The Hall–Kier alpha value is -8.62. The lowest BCUT2D eigenvalue weighted by molar-refractivity contribution is 0.0552. The van der Waals surface area contributed by atoms with Crippen molar-refractivity contribution in [2.45, 2.75) is 141 Å². The van der Waals surface area contributed by atoms with Crippen molar-refractivity contribution in [1.82, 2.24) is 74.8 Å². The van der Waals surface area contributed by atoms with Gasteiger partial charge in [0.05, 0.1) is 66.6 Å². The van der Waals surface area contributed by atoms with E-state index >= 15 is 0 Å². The minimum atomic E-state index is -0.348. The van der Waals surface area contributed by atoms with E-state index in [0.29, 0.717) is 49.1 Å². The number of nitriles is 2. The third-order valence-corrected chi connectivity index (χ3v) is 19.1. The Balaban J connectivity index is 0.000000125. The summed E-state index contributed by atoms with van der Waals surface area (Å²) in [7, 11) is 3.64. The summed E-state index contributed by atoms with van der Waals surface area (Å²) in [5, 5.41) is 42.0. The van der Waals surface area contributed by atoms with E-state index in [0.717, 1.165) is 127 Å². The van der Waals surface area contributed by atoms with E-state index in [4.69, 9.17) is 14.2 Å². The number of aryl methyl sites for hydroxylation is 3. The summed E-state index contributed by atoms with van der Waals surface area (Å²) in [4.78, 5) is 32.0. The van der Waals surface area contributed by atoms with Crippen LogP contribution in [0.5, 0.6) is 15.6 Å². The van der Waals surface area contributed by atoms with Crippen molar-refractivity contribution in [3.63, 3.8) is 0 Å². The number of thiazole rings is 3. The summed E-state index contributed by atoms with van der Waals surface area (Å²) in [6, 6.07) is 19.6. The molecule has 3 fully saturated rings. The lowest BCUT2D eigenvalue weighted by Gasteiger charge is -2.45. The zero-order chi connectivity index (χ0) is 63.7. The number of hydrogen-bond donors (Lipinski definition) is 3. The normalized spacial score (nSPS) is 17.4. The van der Waals surface area contributed by atoms with E-state index in [2.05, 4.69) is 129 Å². The molecule has 0 atom stereocenters. The molecule has 2 aromatic carbocycles. The fourth-order valence-corrected chi connectivity index (χ4v) is 16.0. The van der Waals surface area contributed by atoms with Crippen molar-refractivity contribution in [1.29, 1.82) is 10.5 Å². The molecule has 3 aliphatic heterocycles. The molecule has 15 rings (SSSR count). The first-order chi connectivity index (χ1) is 43.4. The van der Waals surface area contributed by atoms with Crippen LogP contribution in [0, 0.1) is 35.4 Å². The van der Waals surface area contributed by atoms with Crippen molar-refractivity contribution in [3.8, 4) is 61.5 Å². The van der Waals surface area contributed by atoms with Crippen LogP contribution in [0.3, 0.4) is 0 Å². The van der Waals surface area contributed by atoms with E-state index in [1.807, 2.05) is 79.4 Å². The minimum Gasteiger partial charge on any atom is -0.467 e. The first-order valence-corrected chi connectivity index (χ1v) is 32.8. The van der Waals surface area contributed by atoms with Crippen molar-refractivity contribution in [3.05, 3.63) is 115 Å². The number of ether oxygens (including phenoxy) is 3. The van der Waals surface area contributed by atoms with Crippen molar-refractivity contribution < 1.29 is 18.6 Å². The predicted molar refractivity (Wildman–Crippen MR) is 356 cm³/mol. The minimum absolute atomic E-state index is 0.00678. The quantitative estimate of drug-likeness (QED) is 0.122. The van der Waals surface area contributed by atoms with Gasteiger partial charge in [0.25, 0.3) is 15.6 Å². The van der Waals surface area contributed by atoms with Crippen LogP contribution in [0.1, 0.15) is 111 Å². The number of imidazole rings is 1. The lowest BCUT2D eigenvalue weighted by Crippen LogP contribution is -2.60. The fourth-order valence-electron chi connectivity index (χ4n) is 13.3. The smallest absolute Gasteiger partial charge is 0.274 e. The highest BCUT2D eigenvalue weighted by Gasteiger charge is 2.40. The molecule has 12 aromatic rings. The first kappa shape index (κ1) is 61.2. The van der Waals surface area contributed by atoms with Gasteiger partial charge < -0.3 is 34.6 Å². The summed E-state index contributed by atoms with van der Waals surface area (Å²) in [5.41, 5.74) is 11.0. The molecule has 3 saturated heterocycles. The molecule has 0 saturated carbocycles. The molecule has 3 aliphatic rings. The first-order valence-electron chi connectivity index (χ1n) is 30.4. The molecule has 10 aromatic heterocycles. The largest absolute Gasteiger partial charge is 0.467 e. The molecule has 0 amide bonds. The lowest BCUT2D eigenvalue weighted by atomic mass is 9.81. The topological polar surface area (TPSA) is 242 Å². The van der Waals surface area contributed by atoms with Gasteiger partial charge in [-0.2, -0.15) is 20.7 Å². The van der Waals surface area contributed by atoms with E-state index in [-0.39, 0.29) is 46.3 Å². The van der Waals surface area contributed by atoms with Gasteiger partial charge >= 0.3 is 0 Å². The molecule has 91 heavy (non-hydrogen) atoms. The number of aromatic nitrogens is 12. The van der Waals surface area contributed by atoms with E-state index in [1.165, 1.54) is 28.7 Å². The number of benzene rings is 2. The van der Waals surface area contributed by atoms with Gasteiger partial charge in [-0.1, -0.05) is 34.0 Å². The Bertz CT molecular complexity index is 4810. The molecule has 13 heterocycles. The van der Waals surface area contributed by atoms with Gasteiger partial charge in [-0.25, -0.2) is 24.3 Å². The Kier molecular flexibility index (Phi) is 16.1. The molecule has 0 spiro atoms. The summed E-state index contributed by atoms with van der Waals surface area (Å²) in [6.45, 7) is 21.6. The molecule has 0 radical (unpaired) electrons. The van der Waals surface area contributed by atoms with Gasteiger partial charge in [-0.05, 0) is 137 Å². The summed E-state index contributed by atoms with van der Waals surface area (Å²) in [6.07, 6.45) is 19.0. The average molecular weight is 1280 g/mol. The second kappa shape index (κ2) is 23.9. The van der Waals surface area contributed by atoms with Gasteiger partial charge in [0, 0.05) is 114 Å². The van der Waals surface area contributed by atoms with E-state index < -0.39 is 0 Å². The molecular weight excluding hydrogens is 1210 g/mol. The van der Waals surface area contributed by atoms with Crippen LogP contribution in [-0.2, 0) is 14.1 Å². The monoisotopic (exact) mass is 1280 g/mol. The molecule has 3 N–H and O–H groups in total. The van der Waals surface area contributed by atoms with Crippen molar-refractivity contribution >= 4 is 92.1 Å². The van der Waals surface area contributed by atoms with Crippen molar-refractivity contribution in [2.75, 3.05) is 13.1 Å². The van der Waals surface area contributed by atoms with Gasteiger partial charge in [0.15, 0.2) is 11.5 Å². The van der Waals surface area contributed by atoms with Gasteiger partial charge in [-0.15, -0.1) is 0 Å². The van der Waals surface area contributed by atoms with E-state index in [9.17, 15) is 14.9 Å². The Morgan fingerprint density at radius 2 is 0.956 bits per heavy atom. The Labute approximate surface area is 537 Å². The van der Waals surface area contributed by atoms with Crippen LogP contribution in [-0.4, -0.2) is 112 Å². The summed E-state index contributed by atoms with van der Waals surface area (Å²) >= 11 is 4.59. The highest BCUT2D eigenvalue weighted by molar-refractivity contribution is 7.20. The SMILES string of the molecule is Cc1cn2cc(-c3cc4sc(OC5CCNCC5)nc4cn3)cc(C#N)c2n1.Cn1cc2cc(-c3cc4sc(OC5CC(C)(C)NC(C)(C)C5)nc4cn3)cc(C#N)c2n1.Cn1cc2cc(-c3cc4sc(OC5CC(C)(C)NC(C)(C)C5)nc4cn3)cc(F)c2n1. The number of hydrogen-bond acceptors (Lipinski definition) is 20. The number of pyridine rings is 4. The molecule has 24 heteroatoms. The molecule has 0 unspecified atom stereocenters. The number of fused-ring (bicyclic) bond motifs is 6. The number of piperidine rings is 3. The van der Waals surface area contributed by atoms with Crippen LogP contribution >= 0.6 is 34.0 Å².